The molecule has 2 aromatic rings. The normalized spacial score (nSPS) is 21.8. The molecule has 0 spiro atoms. The Morgan fingerprint density at radius 2 is 2.06 bits per heavy atom. The van der Waals surface area contributed by atoms with Gasteiger partial charge in [0.2, 0.25) is 11.8 Å². The smallest absolute Gasteiger partial charge is 0.271 e. The molecular weight excluding hydrogens is 432 g/mol. The SMILES string of the molecule is O=C(C[C@H]1SC(=Nc2ccccc2)N(C[C@H]2CCCO2)C1=O)Nc1cccc([N+](=O)[O-])c1. The number of amides is 2. The maximum Gasteiger partial charge on any atom is 0.271 e. The highest BCUT2D eigenvalue weighted by Gasteiger charge is 2.40. The molecule has 4 rings (SSSR count). The molecule has 2 atom stereocenters. The van der Waals surface area contributed by atoms with Crippen LogP contribution in [0.5, 0.6) is 0 Å². The van der Waals surface area contributed by atoms with Crippen molar-refractivity contribution >= 4 is 45.8 Å². The number of carbonyl (C=O) groups is 2. The number of aliphatic imine (C=N–C) groups is 1. The Balaban J connectivity index is 1.47. The van der Waals surface area contributed by atoms with Crippen LogP contribution in [0, 0.1) is 10.1 Å². The molecule has 166 valence electrons. The van der Waals surface area contributed by atoms with Gasteiger partial charge in [0, 0.05) is 30.8 Å². The third-order valence-corrected chi connectivity index (χ3v) is 6.30. The summed E-state index contributed by atoms with van der Waals surface area (Å²) >= 11 is 1.25. The van der Waals surface area contributed by atoms with E-state index in [4.69, 9.17) is 4.74 Å². The van der Waals surface area contributed by atoms with Crippen molar-refractivity contribution in [3.8, 4) is 0 Å². The fourth-order valence-electron chi connectivity index (χ4n) is 3.58. The third kappa shape index (κ3) is 5.32. The Labute approximate surface area is 189 Å². The number of nitrogens with zero attached hydrogens (tertiary/aromatic N) is 3. The van der Waals surface area contributed by atoms with Crippen LogP contribution in [-0.4, -0.2) is 51.3 Å². The zero-order valence-corrected chi connectivity index (χ0v) is 18.0. The largest absolute Gasteiger partial charge is 0.376 e. The molecule has 0 unspecified atom stereocenters. The van der Waals surface area contributed by atoms with E-state index in [2.05, 4.69) is 10.3 Å². The van der Waals surface area contributed by atoms with E-state index in [1.807, 2.05) is 30.3 Å². The van der Waals surface area contributed by atoms with Crippen LogP contribution in [0.1, 0.15) is 19.3 Å². The van der Waals surface area contributed by atoms with Gasteiger partial charge in [-0.05, 0) is 31.0 Å². The van der Waals surface area contributed by atoms with Crippen LogP contribution in [-0.2, 0) is 14.3 Å². The highest BCUT2D eigenvalue weighted by Crippen LogP contribution is 2.33. The molecule has 2 fully saturated rings. The van der Waals surface area contributed by atoms with E-state index < -0.39 is 16.1 Å². The number of carbonyl (C=O) groups excluding carboxylic acids is 2. The van der Waals surface area contributed by atoms with Crippen LogP contribution in [0.2, 0.25) is 0 Å². The van der Waals surface area contributed by atoms with E-state index in [1.165, 1.54) is 30.0 Å². The molecular formula is C22H22N4O5S. The lowest BCUT2D eigenvalue weighted by atomic mass is 10.2. The first-order valence-electron chi connectivity index (χ1n) is 10.3. The van der Waals surface area contributed by atoms with Gasteiger partial charge in [0.05, 0.1) is 23.3 Å². The molecule has 0 aliphatic carbocycles. The van der Waals surface area contributed by atoms with Gasteiger partial charge >= 0.3 is 0 Å². The highest BCUT2D eigenvalue weighted by molar-refractivity contribution is 8.15. The Kier molecular flexibility index (Phi) is 6.81. The minimum Gasteiger partial charge on any atom is -0.376 e. The number of non-ortho nitro benzene ring substituents is 1. The van der Waals surface area contributed by atoms with Crippen molar-refractivity contribution in [2.75, 3.05) is 18.5 Å². The van der Waals surface area contributed by atoms with Crippen LogP contribution in [0.25, 0.3) is 0 Å². The molecule has 9 nitrogen and oxygen atoms in total. The second kappa shape index (κ2) is 9.92. The number of amidine groups is 1. The van der Waals surface area contributed by atoms with Crippen molar-refractivity contribution < 1.29 is 19.2 Å². The van der Waals surface area contributed by atoms with Gasteiger partial charge in [-0.2, -0.15) is 0 Å². The summed E-state index contributed by atoms with van der Waals surface area (Å²) in [4.78, 5) is 42.4. The van der Waals surface area contributed by atoms with Gasteiger partial charge in [-0.1, -0.05) is 36.0 Å². The summed E-state index contributed by atoms with van der Waals surface area (Å²) in [5.41, 5.74) is 0.921. The third-order valence-electron chi connectivity index (χ3n) is 5.12. The first-order valence-corrected chi connectivity index (χ1v) is 11.2. The lowest BCUT2D eigenvalue weighted by molar-refractivity contribution is -0.384. The number of nitrogens with one attached hydrogen (secondary N) is 1. The zero-order chi connectivity index (χ0) is 22.5. The molecule has 32 heavy (non-hydrogen) atoms. The Morgan fingerprint density at radius 1 is 1.25 bits per heavy atom. The maximum absolute atomic E-state index is 13.1. The first kappa shape index (κ1) is 22.0. The summed E-state index contributed by atoms with van der Waals surface area (Å²) in [5.74, 6) is -0.580. The predicted octanol–water partition coefficient (Wildman–Crippen LogP) is 3.73. The maximum atomic E-state index is 13.1. The number of hydrogen-bond donors (Lipinski definition) is 1. The molecule has 10 heteroatoms. The van der Waals surface area contributed by atoms with Crippen molar-refractivity contribution in [1.29, 1.82) is 0 Å². The monoisotopic (exact) mass is 454 g/mol. The van der Waals surface area contributed by atoms with E-state index in [-0.39, 0.29) is 24.1 Å². The van der Waals surface area contributed by atoms with Gasteiger partial charge in [0.15, 0.2) is 5.17 Å². The molecule has 2 aliphatic rings. The number of ether oxygens (including phenoxy) is 1. The van der Waals surface area contributed by atoms with Crippen molar-refractivity contribution in [3.05, 3.63) is 64.7 Å². The number of thioether (sulfide) groups is 1. The van der Waals surface area contributed by atoms with Gasteiger partial charge in [-0.3, -0.25) is 24.6 Å². The molecule has 2 amide bonds. The van der Waals surface area contributed by atoms with E-state index in [1.54, 1.807) is 11.0 Å². The molecule has 1 N–H and O–H groups in total. The highest BCUT2D eigenvalue weighted by atomic mass is 32.2. The van der Waals surface area contributed by atoms with E-state index in [0.29, 0.717) is 24.0 Å². The number of rotatable bonds is 7. The van der Waals surface area contributed by atoms with Crippen LogP contribution >= 0.6 is 11.8 Å². The first-order chi connectivity index (χ1) is 15.5. The minimum absolute atomic E-state index is 0.0435. The van der Waals surface area contributed by atoms with Crippen LogP contribution in [0.3, 0.4) is 0 Å². The van der Waals surface area contributed by atoms with Crippen LogP contribution < -0.4 is 5.32 Å². The number of anilines is 1. The summed E-state index contributed by atoms with van der Waals surface area (Å²) in [6.45, 7) is 1.08. The van der Waals surface area contributed by atoms with Crippen molar-refractivity contribution in [1.82, 2.24) is 4.90 Å². The molecule has 0 radical (unpaired) electrons. The summed E-state index contributed by atoms with van der Waals surface area (Å²) in [6.07, 6.45) is 1.73. The predicted molar refractivity (Wildman–Crippen MR) is 122 cm³/mol. The number of benzene rings is 2. The van der Waals surface area contributed by atoms with Gasteiger partial charge < -0.3 is 10.1 Å². The second-order valence-corrected chi connectivity index (χ2v) is 8.65. The lowest BCUT2D eigenvalue weighted by Gasteiger charge is -2.20. The lowest BCUT2D eigenvalue weighted by Crippen LogP contribution is -2.38. The number of nitro groups is 1. The molecule has 0 aromatic heterocycles. The number of hydrogen-bond acceptors (Lipinski definition) is 7. The van der Waals surface area contributed by atoms with Crippen molar-refractivity contribution in [2.24, 2.45) is 4.99 Å². The van der Waals surface area contributed by atoms with Crippen molar-refractivity contribution in [2.45, 2.75) is 30.6 Å². The molecule has 2 saturated heterocycles. The summed E-state index contributed by atoms with van der Waals surface area (Å²) < 4.78 is 5.70. The van der Waals surface area contributed by atoms with Crippen LogP contribution in [0.15, 0.2) is 59.6 Å². The Morgan fingerprint density at radius 3 is 2.78 bits per heavy atom. The fraction of sp³-hybridized carbons (Fsp3) is 0.318. The van der Waals surface area contributed by atoms with Gasteiger partial charge in [-0.25, -0.2) is 4.99 Å². The number of nitro benzene ring substituents is 1. The molecule has 2 aromatic carbocycles. The molecule has 0 bridgehead atoms. The topological polar surface area (TPSA) is 114 Å². The van der Waals surface area contributed by atoms with Crippen molar-refractivity contribution in [3.63, 3.8) is 0 Å². The average Bonchev–Trinajstić information content (AvgIpc) is 3.39. The quantitative estimate of drug-likeness (QED) is 0.504. The van der Waals surface area contributed by atoms with E-state index in [0.717, 1.165) is 18.5 Å². The minimum atomic E-state index is -0.627. The molecule has 2 aliphatic heterocycles. The summed E-state index contributed by atoms with van der Waals surface area (Å²) in [7, 11) is 0. The molecule has 0 saturated carbocycles. The van der Waals surface area contributed by atoms with Gasteiger partial charge in [-0.15, -0.1) is 0 Å². The van der Waals surface area contributed by atoms with Crippen LogP contribution in [0.4, 0.5) is 17.1 Å². The zero-order valence-electron chi connectivity index (χ0n) is 17.2. The average molecular weight is 455 g/mol. The number of para-hydroxylation sites is 1. The second-order valence-electron chi connectivity index (χ2n) is 7.48. The fourth-order valence-corrected chi connectivity index (χ4v) is 4.74. The summed E-state index contributed by atoms with van der Waals surface area (Å²) in [5, 5.41) is 13.5. The summed E-state index contributed by atoms with van der Waals surface area (Å²) in [6, 6.07) is 15.0. The van der Waals surface area contributed by atoms with E-state index in [9.17, 15) is 19.7 Å². The Hall–Kier alpha value is -3.24. The van der Waals surface area contributed by atoms with E-state index >= 15 is 0 Å². The van der Waals surface area contributed by atoms with Gasteiger partial charge in [0.25, 0.3) is 5.69 Å². The standard InChI is InChI=1S/C22H22N4O5S/c27-20(23-16-8-4-9-17(12-16)26(29)30)13-19-21(28)25(14-18-10-5-11-31-18)22(32-19)24-15-6-2-1-3-7-15/h1-4,6-9,12,18-19H,5,10-11,13-14H2,(H,23,27)/t18-,19-/m1/s1. The van der Waals surface area contributed by atoms with Gasteiger partial charge in [0.1, 0.15) is 5.25 Å². The molecule has 2 heterocycles. The Bertz CT molecular complexity index is 1040.